The van der Waals surface area contributed by atoms with Crippen LogP contribution in [0.4, 0.5) is 0 Å². The molecule has 1 aliphatic heterocycles. The van der Waals surface area contributed by atoms with Gasteiger partial charge in [-0.25, -0.2) is 4.79 Å². The van der Waals surface area contributed by atoms with E-state index in [-0.39, 0.29) is 18.5 Å². The number of carbonyl (C=O) groups is 1. The summed E-state index contributed by atoms with van der Waals surface area (Å²) in [6.45, 7) is 4.20. The Bertz CT molecular complexity index is 412. The van der Waals surface area contributed by atoms with E-state index >= 15 is 0 Å². The standard InChI is InChI=1S/C11H13BrO5/c1-11(2)16-6-7(17-11)5-15-10(13)9-8(12)3-4-14-9/h3-4,7H,5-6H2,1-2H3. The van der Waals surface area contributed by atoms with Crippen LogP contribution in [0.5, 0.6) is 0 Å². The summed E-state index contributed by atoms with van der Waals surface area (Å²) in [6.07, 6.45) is 1.18. The summed E-state index contributed by atoms with van der Waals surface area (Å²) in [5, 5.41) is 0. The van der Waals surface area contributed by atoms with Crippen LogP contribution in [0.25, 0.3) is 0 Å². The molecule has 1 aromatic heterocycles. The topological polar surface area (TPSA) is 57.9 Å². The molecular formula is C11H13BrO5. The molecule has 1 saturated heterocycles. The molecule has 1 fully saturated rings. The fourth-order valence-electron chi connectivity index (χ4n) is 1.52. The highest BCUT2D eigenvalue weighted by molar-refractivity contribution is 9.10. The highest BCUT2D eigenvalue weighted by Gasteiger charge is 2.33. The van der Waals surface area contributed by atoms with Crippen molar-refractivity contribution in [1.29, 1.82) is 0 Å². The van der Waals surface area contributed by atoms with E-state index in [0.717, 1.165) is 0 Å². The van der Waals surface area contributed by atoms with Crippen molar-refractivity contribution in [2.24, 2.45) is 0 Å². The molecule has 94 valence electrons. The number of furan rings is 1. The van der Waals surface area contributed by atoms with Crippen molar-refractivity contribution in [2.75, 3.05) is 13.2 Å². The van der Waals surface area contributed by atoms with Crippen LogP contribution in [0.2, 0.25) is 0 Å². The van der Waals surface area contributed by atoms with E-state index in [1.807, 2.05) is 13.8 Å². The molecule has 0 spiro atoms. The monoisotopic (exact) mass is 304 g/mol. The minimum atomic E-state index is -0.609. The van der Waals surface area contributed by atoms with Gasteiger partial charge in [0.25, 0.3) is 0 Å². The minimum Gasteiger partial charge on any atom is -0.457 e. The predicted octanol–water partition coefficient (Wildman–Crippen LogP) is 2.35. The first-order valence-corrected chi connectivity index (χ1v) is 5.99. The van der Waals surface area contributed by atoms with E-state index in [9.17, 15) is 4.79 Å². The highest BCUT2D eigenvalue weighted by atomic mass is 79.9. The van der Waals surface area contributed by atoms with Gasteiger partial charge in [0, 0.05) is 0 Å². The Labute approximate surface area is 107 Å². The summed E-state index contributed by atoms with van der Waals surface area (Å²) < 4.78 is 21.5. The summed E-state index contributed by atoms with van der Waals surface area (Å²) in [7, 11) is 0. The predicted molar refractivity (Wildman–Crippen MR) is 61.6 cm³/mol. The molecule has 0 saturated carbocycles. The molecule has 0 aliphatic carbocycles. The van der Waals surface area contributed by atoms with Crippen molar-refractivity contribution < 1.29 is 23.4 Å². The van der Waals surface area contributed by atoms with Gasteiger partial charge in [-0.05, 0) is 35.8 Å². The molecular weight excluding hydrogens is 292 g/mol. The molecule has 5 nitrogen and oxygen atoms in total. The molecule has 0 radical (unpaired) electrons. The lowest BCUT2D eigenvalue weighted by Crippen LogP contribution is -2.25. The fourth-order valence-corrected chi connectivity index (χ4v) is 1.88. The molecule has 6 heteroatoms. The first-order valence-electron chi connectivity index (χ1n) is 5.20. The van der Waals surface area contributed by atoms with Crippen LogP contribution in [0.1, 0.15) is 24.4 Å². The molecule has 0 amide bonds. The number of ether oxygens (including phenoxy) is 3. The van der Waals surface area contributed by atoms with Crippen molar-refractivity contribution in [1.82, 2.24) is 0 Å². The summed E-state index contributed by atoms with van der Waals surface area (Å²) in [5.41, 5.74) is 0. The van der Waals surface area contributed by atoms with Crippen LogP contribution in [-0.2, 0) is 14.2 Å². The van der Waals surface area contributed by atoms with Crippen LogP contribution in [0.15, 0.2) is 21.2 Å². The maximum absolute atomic E-state index is 11.6. The number of rotatable bonds is 3. The number of hydrogen-bond donors (Lipinski definition) is 0. The van der Waals surface area contributed by atoms with E-state index in [1.54, 1.807) is 6.07 Å². The largest absolute Gasteiger partial charge is 0.457 e. The van der Waals surface area contributed by atoms with Crippen LogP contribution >= 0.6 is 15.9 Å². The second kappa shape index (κ2) is 4.80. The Morgan fingerprint density at radius 2 is 2.41 bits per heavy atom. The van der Waals surface area contributed by atoms with Gasteiger partial charge in [0.05, 0.1) is 17.3 Å². The lowest BCUT2D eigenvalue weighted by Gasteiger charge is -2.16. The quantitative estimate of drug-likeness (QED) is 0.802. The molecule has 1 unspecified atom stereocenters. The molecule has 0 bridgehead atoms. The van der Waals surface area contributed by atoms with E-state index < -0.39 is 11.8 Å². The number of esters is 1. The Kier molecular flexibility index (Phi) is 3.56. The van der Waals surface area contributed by atoms with Crippen LogP contribution in [0, 0.1) is 0 Å². The Hall–Kier alpha value is -0.850. The zero-order valence-electron chi connectivity index (χ0n) is 9.57. The summed E-state index contributed by atoms with van der Waals surface area (Å²) in [4.78, 5) is 11.6. The Balaban J connectivity index is 1.84. The Morgan fingerprint density at radius 3 is 2.94 bits per heavy atom. The molecule has 17 heavy (non-hydrogen) atoms. The first kappa shape index (κ1) is 12.6. The van der Waals surface area contributed by atoms with Gasteiger partial charge in [-0.15, -0.1) is 0 Å². The molecule has 0 N–H and O–H groups in total. The molecule has 1 atom stereocenters. The van der Waals surface area contributed by atoms with Crippen molar-refractivity contribution >= 4 is 21.9 Å². The average Bonchev–Trinajstić information content (AvgIpc) is 2.81. The summed E-state index contributed by atoms with van der Waals surface area (Å²) in [6, 6.07) is 1.63. The van der Waals surface area contributed by atoms with E-state index in [2.05, 4.69) is 15.9 Å². The normalized spacial score (nSPS) is 22.6. The van der Waals surface area contributed by atoms with Gasteiger partial charge in [-0.3, -0.25) is 0 Å². The maximum Gasteiger partial charge on any atom is 0.375 e. The average molecular weight is 305 g/mol. The molecule has 2 heterocycles. The molecule has 2 rings (SSSR count). The van der Waals surface area contributed by atoms with Crippen molar-refractivity contribution in [3.05, 3.63) is 22.6 Å². The van der Waals surface area contributed by atoms with Crippen LogP contribution in [0.3, 0.4) is 0 Å². The summed E-state index contributed by atoms with van der Waals surface area (Å²) >= 11 is 3.19. The van der Waals surface area contributed by atoms with Gasteiger partial charge in [0.1, 0.15) is 12.7 Å². The van der Waals surface area contributed by atoms with Crippen molar-refractivity contribution in [3.63, 3.8) is 0 Å². The second-order valence-electron chi connectivity index (χ2n) is 4.15. The van der Waals surface area contributed by atoms with Crippen LogP contribution in [-0.4, -0.2) is 31.1 Å². The third kappa shape index (κ3) is 3.08. The third-order valence-corrected chi connectivity index (χ3v) is 2.89. The number of hydrogen-bond acceptors (Lipinski definition) is 5. The summed E-state index contributed by atoms with van der Waals surface area (Å²) in [5.74, 6) is -0.971. The van der Waals surface area contributed by atoms with Gasteiger partial charge < -0.3 is 18.6 Å². The van der Waals surface area contributed by atoms with Gasteiger partial charge in [0.2, 0.25) is 5.76 Å². The second-order valence-corrected chi connectivity index (χ2v) is 5.00. The minimum absolute atomic E-state index is 0.148. The van der Waals surface area contributed by atoms with Gasteiger partial charge >= 0.3 is 5.97 Å². The SMILES string of the molecule is CC1(C)OCC(COC(=O)c2occc2Br)O1. The fraction of sp³-hybridized carbons (Fsp3) is 0.545. The maximum atomic E-state index is 11.6. The highest BCUT2D eigenvalue weighted by Crippen LogP contribution is 2.23. The number of carbonyl (C=O) groups excluding carboxylic acids is 1. The lowest BCUT2D eigenvalue weighted by molar-refractivity contribution is -0.142. The zero-order valence-corrected chi connectivity index (χ0v) is 11.2. The van der Waals surface area contributed by atoms with Crippen molar-refractivity contribution in [3.8, 4) is 0 Å². The van der Waals surface area contributed by atoms with Crippen molar-refractivity contribution in [2.45, 2.75) is 25.7 Å². The van der Waals surface area contributed by atoms with E-state index in [0.29, 0.717) is 11.1 Å². The van der Waals surface area contributed by atoms with Gasteiger partial charge in [0.15, 0.2) is 5.79 Å². The van der Waals surface area contributed by atoms with Gasteiger partial charge in [-0.1, -0.05) is 0 Å². The van der Waals surface area contributed by atoms with Gasteiger partial charge in [-0.2, -0.15) is 0 Å². The third-order valence-electron chi connectivity index (χ3n) is 2.27. The van der Waals surface area contributed by atoms with E-state index in [1.165, 1.54) is 6.26 Å². The molecule has 1 aliphatic rings. The Morgan fingerprint density at radius 1 is 1.65 bits per heavy atom. The van der Waals surface area contributed by atoms with E-state index in [4.69, 9.17) is 18.6 Å². The number of halogens is 1. The smallest absolute Gasteiger partial charge is 0.375 e. The lowest BCUT2D eigenvalue weighted by atomic mass is 10.4. The molecule has 1 aromatic rings. The zero-order chi connectivity index (χ0) is 12.5. The first-order chi connectivity index (χ1) is 7.98. The molecule has 0 aromatic carbocycles. The van der Waals surface area contributed by atoms with Crippen LogP contribution < -0.4 is 0 Å².